The number of likely N-dealkylation sites (N-methyl/N-ethyl adjacent to an activating group) is 1. The summed E-state index contributed by atoms with van der Waals surface area (Å²) < 4.78 is 5.08. The lowest BCUT2D eigenvalue weighted by Gasteiger charge is -2.21. The van der Waals surface area contributed by atoms with Gasteiger partial charge in [-0.2, -0.15) is 0 Å². The highest BCUT2D eigenvalue weighted by Crippen LogP contribution is 2.33. The van der Waals surface area contributed by atoms with E-state index in [0.717, 1.165) is 22.4 Å². The van der Waals surface area contributed by atoms with Crippen LogP contribution in [0, 0.1) is 13.8 Å². The average Bonchev–Trinajstić information content (AvgIpc) is 2.92. The summed E-state index contributed by atoms with van der Waals surface area (Å²) >= 11 is 0. The molecule has 0 atom stereocenters. The fraction of sp³-hybridized carbons (Fsp3) is 0.273. The number of carbonyl (C=O) groups is 2. The highest BCUT2D eigenvalue weighted by Gasteiger charge is 2.40. The lowest BCUT2D eigenvalue weighted by atomic mass is 9.99. The van der Waals surface area contributed by atoms with Crippen molar-refractivity contribution < 1.29 is 14.3 Å². The Morgan fingerprint density at radius 1 is 0.963 bits per heavy atom. The number of anilines is 1. The van der Waals surface area contributed by atoms with Gasteiger partial charge in [-0.15, -0.1) is 0 Å². The van der Waals surface area contributed by atoms with Crippen LogP contribution in [-0.4, -0.2) is 44.0 Å². The number of aryl methyl sites for hydroxylation is 2. The zero-order valence-corrected chi connectivity index (χ0v) is 16.2. The van der Waals surface area contributed by atoms with E-state index in [2.05, 4.69) is 0 Å². The summed E-state index contributed by atoms with van der Waals surface area (Å²) in [5.74, 6) is -0.574. The minimum atomic E-state index is -0.295. The molecule has 0 saturated heterocycles. The van der Waals surface area contributed by atoms with Gasteiger partial charge in [-0.1, -0.05) is 36.4 Å². The number of hydrogen-bond acceptors (Lipinski definition) is 4. The maximum absolute atomic E-state index is 13.1. The summed E-state index contributed by atoms with van der Waals surface area (Å²) in [6, 6.07) is 15.4. The predicted octanol–water partition coefficient (Wildman–Crippen LogP) is 3.17. The molecule has 5 nitrogen and oxygen atoms in total. The lowest BCUT2D eigenvalue weighted by molar-refractivity contribution is -0.137. The van der Waals surface area contributed by atoms with E-state index in [-0.39, 0.29) is 18.4 Å². The zero-order chi connectivity index (χ0) is 19.6. The molecule has 27 heavy (non-hydrogen) atoms. The van der Waals surface area contributed by atoms with Gasteiger partial charge in [0.2, 0.25) is 0 Å². The molecule has 2 amide bonds. The van der Waals surface area contributed by atoms with Crippen LogP contribution in [0.15, 0.2) is 54.2 Å². The molecule has 1 aliphatic heterocycles. The monoisotopic (exact) mass is 364 g/mol. The topological polar surface area (TPSA) is 49.9 Å². The minimum absolute atomic E-state index is 0.231. The standard InChI is InChI=1S/C22H24N2O3/c1-15-10-11-17(14-16(15)2)19-20(23(3)18-8-6-5-7-9-18)22(26)24(21(19)25)12-13-27-4/h5-11,14H,12-13H2,1-4H3. The Kier molecular flexibility index (Phi) is 5.42. The number of benzene rings is 2. The number of imide groups is 1. The number of carbonyl (C=O) groups excluding carboxylic acids is 2. The van der Waals surface area contributed by atoms with Crippen molar-refractivity contribution in [2.24, 2.45) is 0 Å². The Bertz CT molecular complexity index is 903. The second-order valence-corrected chi connectivity index (χ2v) is 6.67. The summed E-state index contributed by atoms with van der Waals surface area (Å²) in [5.41, 5.74) is 4.66. The van der Waals surface area contributed by atoms with Gasteiger partial charge in [0.05, 0.1) is 18.7 Å². The van der Waals surface area contributed by atoms with E-state index in [1.807, 2.05) is 69.4 Å². The molecule has 0 saturated carbocycles. The van der Waals surface area contributed by atoms with Crippen molar-refractivity contribution in [1.82, 2.24) is 4.90 Å². The highest BCUT2D eigenvalue weighted by atomic mass is 16.5. The second kappa shape index (κ2) is 7.76. The SMILES string of the molecule is COCCN1C(=O)C(c2ccc(C)c(C)c2)=C(N(C)c2ccccc2)C1=O. The van der Waals surface area contributed by atoms with Crippen molar-refractivity contribution in [3.63, 3.8) is 0 Å². The van der Waals surface area contributed by atoms with Crippen LogP contribution < -0.4 is 4.90 Å². The minimum Gasteiger partial charge on any atom is -0.383 e. The molecule has 0 fully saturated rings. The van der Waals surface area contributed by atoms with Crippen LogP contribution in [0.3, 0.4) is 0 Å². The van der Waals surface area contributed by atoms with Gasteiger partial charge in [0.15, 0.2) is 0 Å². The van der Waals surface area contributed by atoms with Crippen molar-refractivity contribution in [1.29, 1.82) is 0 Å². The average molecular weight is 364 g/mol. The van der Waals surface area contributed by atoms with Crippen LogP contribution in [0.1, 0.15) is 16.7 Å². The number of ether oxygens (including phenoxy) is 1. The largest absolute Gasteiger partial charge is 0.383 e. The molecule has 140 valence electrons. The summed E-state index contributed by atoms with van der Waals surface area (Å²) in [7, 11) is 3.37. The first kappa shape index (κ1) is 18.9. The first-order valence-electron chi connectivity index (χ1n) is 8.91. The molecule has 0 unspecified atom stereocenters. The predicted molar refractivity (Wildman–Crippen MR) is 106 cm³/mol. The fourth-order valence-corrected chi connectivity index (χ4v) is 3.20. The van der Waals surface area contributed by atoms with E-state index in [9.17, 15) is 9.59 Å². The molecule has 3 rings (SSSR count). The molecule has 1 heterocycles. The van der Waals surface area contributed by atoms with E-state index >= 15 is 0 Å². The van der Waals surface area contributed by atoms with Crippen molar-refractivity contribution in [3.8, 4) is 0 Å². The Labute approximate surface area is 159 Å². The van der Waals surface area contributed by atoms with E-state index in [1.54, 1.807) is 12.0 Å². The van der Waals surface area contributed by atoms with Gasteiger partial charge in [0.25, 0.3) is 11.8 Å². The van der Waals surface area contributed by atoms with Crippen LogP contribution in [-0.2, 0) is 14.3 Å². The van der Waals surface area contributed by atoms with Crippen LogP contribution in [0.5, 0.6) is 0 Å². The second-order valence-electron chi connectivity index (χ2n) is 6.67. The Balaban J connectivity index is 2.13. The number of nitrogens with zero attached hydrogens (tertiary/aromatic N) is 2. The highest BCUT2D eigenvalue weighted by molar-refractivity contribution is 6.36. The van der Waals surface area contributed by atoms with E-state index in [0.29, 0.717) is 17.9 Å². The number of para-hydroxylation sites is 1. The Hall–Kier alpha value is -2.92. The van der Waals surface area contributed by atoms with E-state index in [1.165, 1.54) is 4.90 Å². The molecule has 0 spiro atoms. The quantitative estimate of drug-likeness (QED) is 0.739. The molecular weight excluding hydrogens is 340 g/mol. The Morgan fingerprint density at radius 2 is 1.67 bits per heavy atom. The number of rotatable bonds is 6. The van der Waals surface area contributed by atoms with Crippen LogP contribution in [0.4, 0.5) is 5.69 Å². The molecule has 2 aromatic rings. The molecule has 0 radical (unpaired) electrons. The van der Waals surface area contributed by atoms with Gasteiger partial charge in [-0.05, 0) is 42.7 Å². The van der Waals surface area contributed by atoms with Crippen molar-refractivity contribution >= 4 is 23.1 Å². The third-order valence-corrected chi connectivity index (χ3v) is 4.94. The van der Waals surface area contributed by atoms with Crippen LogP contribution in [0.25, 0.3) is 5.57 Å². The number of amides is 2. The van der Waals surface area contributed by atoms with Crippen LogP contribution >= 0.6 is 0 Å². The zero-order valence-electron chi connectivity index (χ0n) is 16.2. The smallest absolute Gasteiger partial charge is 0.278 e. The molecule has 0 bridgehead atoms. The first-order chi connectivity index (χ1) is 13.0. The third kappa shape index (κ3) is 3.51. The summed E-state index contributed by atoms with van der Waals surface area (Å²) in [5, 5.41) is 0. The maximum Gasteiger partial charge on any atom is 0.278 e. The summed E-state index contributed by atoms with van der Waals surface area (Å²) in [6.07, 6.45) is 0. The summed E-state index contributed by atoms with van der Waals surface area (Å²) in [4.78, 5) is 29.3. The lowest BCUT2D eigenvalue weighted by Crippen LogP contribution is -2.36. The van der Waals surface area contributed by atoms with Gasteiger partial charge < -0.3 is 9.64 Å². The Morgan fingerprint density at radius 3 is 2.30 bits per heavy atom. The molecule has 0 aromatic heterocycles. The third-order valence-electron chi connectivity index (χ3n) is 4.94. The molecule has 2 aromatic carbocycles. The molecule has 0 N–H and O–H groups in total. The van der Waals surface area contributed by atoms with Gasteiger partial charge >= 0.3 is 0 Å². The maximum atomic E-state index is 13.1. The first-order valence-corrected chi connectivity index (χ1v) is 8.91. The van der Waals surface area contributed by atoms with Gasteiger partial charge in [0.1, 0.15) is 5.70 Å². The van der Waals surface area contributed by atoms with Gasteiger partial charge in [-0.25, -0.2) is 0 Å². The van der Waals surface area contributed by atoms with Crippen LogP contribution in [0.2, 0.25) is 0 Å². The van der Waals surface area contributed by atoms with E-state index < -0.39 is 0 Å². The van der Waals surface area contributed by atoms with Crippen molar-refractivity contribution in [3.05, 3.63) is 70.9 Å². The van der Waals surface area contributed by atoms with Crippen molar-refractivity contribution in [2.45, 2.75) is 13.8 Å². The van der Waals surface area contributed by atoms with Gasteiger partial charge in [0, 0.05) is 19.8 Å². The van der Waals surface area contributed by atoms with E-state index in [4.69, 9.17) is 4.74 Å². The normalized spacial score (nSPS) is 14.3. The van der Waals surface area contributed by atoms with Crippen molar-refractivity contribution in [2.75, 3.05) is 32.2 Å². The molecule has 0 aliphatic carbocycles. The fourth-order valence-electron chi connectivity index (χ4n) is 3.20. The molecule has 1 aliphatic rings. The van der Waals surface area contributed by atoms with Gasteiger partial charge in [-0.3, -0.25) is 14.5 Å². The molecule has 5 heteroatoms. The molecular formula is C22H24N2O3. The number of hydrogen-bond donors (Lipinski definition) is 0. The summed E-state index contributed by atoms with van der Waals surface area (Å²) in [6.45, 7) is 4.57. The number of methoxy groups -OCH3 is 1.